The van der Waals surface area contributed by atoms with Gasteiger partial charge in [0.1, 0.15) is 11.3 Å². The highest BCUT2D eigenvalue weighted by Gasteiger charge is 2.19. The van der Waals surface area contributed by atoms with Crippen molar-refractivity contribution in [2.75, 3.05) is 0 Å². The summed E-state index contributed by atoms with van der Waals surface area (Å²) in [5, 5.41) is 25.0. The minimum atomic E-state index is -3.87. The van der Waals surface area contributed by atoms with Crippen LogP contribution in [0, 0.1) is 0 Å². The first-order valence-corrected chi connectivity index (χ1v) is 10.0. The summed E-state index contributed by atoms with van der Waals surface area (Å²) in [6, 6.07) is 16.3. The van der Waals surface area contributed by atoms with Crippen molar-refractivity contribution in [3.05, 3.63) is 77.0 Å². The van der Waals surface area contributed by atoms with E-state index in [1.54, 1.807) is 24.3 Å². The smallest absolute Gasteiger partial charge is 0.238 e. The molecule has 0 spiro atoms. The van der Waals surface area contributed by atoms with Crippen LogP contribution in [0.25, 0.3) is 33.4 Å². The number of sulfonamides is 1. The van der Waals surface area contributed by atoms with E-state index in [4.69, 9.17) is 9.56 Å². The zero-order chi connectivity index (χ0) is 20.8. The van der Waals surface area contributed by atoms with Crippen molar-refractivity contribution in [1.82, 2.24) is 0 Å². The Morgan fingerprint density at radius 2 is 1.48 bits per heavy atom. The molecule has 0 bridgehead atoms. The van der Waals surface area contributed by atoms with Gasteiger partial charge in [-0.1, -0.05) is 18.2 Å². The van der Waals surface area contributed by atoms with Gasteiger partial charge in [0.25, 0.3) is 0 Å². The molecule has 0 atom stereocenters. The molecule has 146 valence electrons. The van der Waals surface area contributed by atoms with Gasteiger partial charge in [0.2, 0.25) is 15.5 Å². The minimum absolute atomic E-state index is 0.0757. The van der Waals surface area contributed by atoms with Crippen LogP contribution in [0.4, 0.5) is 0 Å². The van der Waals surface area contributed by atoms with Crippen LogP contribution in [0.1, 0.15) is 0 Å². The van der Waals surface area contributed by atoms with E-state index in [1.807, 2.05) is 0 Å². The molecule has 29 heavy (non-hydrogen) atoms. The van der Waals surface area contributed by atoms with Crippen LogP contribution in [0.5, 0.6) is 11.5 Å². The molecule has 0 unspecified atom stereocenters. The van der Waals surface area contributed by atoms with Gasteiger partial charge in [-0.15, -0.1) is 0 Å². The van der Waals surface area contributed by atoms with Crippen molar-refractivity contribution in [1.29, 1.82) is 0 Å². The van der Waals surface area contributed by atoms with Gasteiger partial charge in [-0.25, -0.2) is 13.6 Å². The molecule has 8 heteroatoms. The molecule has 1 heterocycles. The van der Waals surface area contributed by atoms with Gasteiger partial charge in [0, 0.05) is 5.56 Å². The maximum absolute atomic E-state index is 13.2. The van der Waals surface area contributed by atoms with Crippen LogP contribution in [0.3, 0.4) is 0 Å². The third-order valence-corrected chi connectivity index (χ3v) is 5.44. The summed E-state index contributed by atoms with van der Waals surface area (Å²) in [5.41, 5.74) is 0.979. The molecule has 0 aliphatic heterocycles. The molecule has 1 aromatic heterocycles. The molecule has 0 saturated carbocycles. The molecule has 4 aromatic rings. The molecule has 0 aliphatic carbocycles. The number of benzene rings is 3. The van der Waals surface area contributed by atoms with Crippen LogP contribution in [-0.2, 0) is 10.0 Å². The summed E-state index contributed by atoms with van der Waals surface area (Å²) in [6.45, 7) is 0. The fourth-order valence-corrected chi connectivity index (χ4v) is 3.60. The predicted molar refractivity (Wildman–Crippen MR) is 108 cm³/mol. The highest BCUT2D eigenvalue weighted by atomic mass is 32.2. The lowest BCUT2D eigenvalue weighted by Crippen LogP contribution is -2.12. The zero-order valence-corrected chi connectivity index (χ0v) is 15.7. The SMILES string of the molecule is NS(=O)(=O)c1ccc(-c2oc3ccccc3c(=O)c2-c2ccc(O)c(O)c2)cc1. The monoisotopic (exact) mass is 409 g/mol. The van der Waals surface area contributed by atoms with E-state index in [-0.39, 0.29) is 33.1 Å². The van der Waals surface area contributed by atoms with Gasteiger partial charge in [0.15, 0.2) is 11.5 Å². The number of hydrogen-bond acceptors (Lipinski definition) is 6. The van der Waals surface area contributed by atoms with Crippen molar-refractivity contribution < 1.29 is 23.0 Å². The first-order valence-electron chi connectivity index (χ1n) is 8.47. The number of para-hydroxylation sites is 1. The Labute approximate surface area is 165 Å². The molecule has 0 saturated heterocycles. The number of primary sulfonamides is 1. The highest BCUT2D eigenvalue weighted by Crippen LogP contribution is 2.36. The van der Waals surface area contributed by atoms with Crippen molar-refractivity contribution in [3.8, 4) is 33.9 Å². The van der Waals surface area contributed by atoms with E-state index in [1.165, 1.54) is 42.5 Å². The topological polar surface area (TPSA) is 131 Å². The summed E-state index contributed by atoms with van der Waals surface area (Å²) in [5.74, 6) is -0.511. The Morgan fingerprint density at radius 1 is 0.828 bits per heavy atom. The Bertz CT molecular complexity index is 1410. The Morgan fingerprint density at radius 3 is 2.14 bits per heavy atom. The van der Waals surface area contributed by atoms with Gasteiger partial charge < -0.3 is 14.6 Å². The van der Waals surface area contributed by atoms with Gasteiger partial charge in [0.05, 0.1) is 15.8 Å². The summed E-state index contributed by atoms with van der Waals surface area (Å²) in [4.78, 5) is 13.1. The van der Waals surface area contributed by atoms with Gasteiger partial charge in [-0.3, -0.25) is 4.79 Å². The third kappa shape index (κ3) is 3.35. The summed E-state index contributed by atoms with van der Waals surface area (Å²) in [7, 11) is -3.87. The van der Waals surface area contributed by atoms with Crippen LogP contribution < -0.4 is 10.6 Å². The molecule has 3 aromatic carbocycles. The maximum Gasteiger partial charge on any atom is 0.238 e. The average Bonchev–Trinajstić information content (AvgIpc) is 2.70. The van der Waals surface area contributed by atoms with Crippen LogP contribution >= 0.6 is 0 Å². The average molecular weight is 409 g/mol. The lowest BCUT2D eigenvalue weighted by molar-refractivity contribution is 0.404. The summed E-state index contributed by atoms with van der Waals surface area (Å²) >= 11 is 0. The molecular weight excluding hydrogens is 394 g/mol. The molecule has 0 amide bonds. The number of fused-ring (bicyclic) bond motifs is 1. The van der Waals surface area contributed by atoms with Gasteiger partial charge in [-0.2, -0.15) is 0 Å². The fourth-order valence-electron chi connectivity index (χ4n) is 3.08. The fraction of sp³-hybridized carbons (Fsp3) is 0. The molecule has 4 N–H and O–H groups in total. The number of phenolic OH excluding ortho intramolecular Hbond substituents is 2. The number of rotatable bonds is 3. The standard InChI is InChI=1S/C21H15NO6S/c22-29(26,27)14-8-5-12(6-9-14)21-19(13-7-10-16(23)17(24)11-13)20(25)15-3-1-2-4-18(15)28-21/h1-11,23-24H,(H2,22,26,27). The van der Waals surface area contributed by atoms with E-state index in [0.29, 0.717) is 22.1 Å². The maximum atomic E-state index is 13.2. The van der Waals surface area contributed by atoms with Crippen LogP contribution in [0.2, 0.25) is 0 Å². The quantitative estimate of drug-likeness (QED) is 0.446. The second-order valence-corrected chi connectivity index (χ2v) is 7.97. The Balaban J connectivity index is 2.04. The summed E-state index contributed by atoms with van der Waals surface area (Å²) < 4.78 is 29.0. The summed E-state index contributed by atoms with van der Waals surface area (Å²) in [6.07, 6.45) is 0. The van der Waals surface area contributed by atoms with Crippen LogP contribution in [0.15, 0.2) is 80.8 Å². The number of nitrogens with two attached hydrogens (primary N) is 1. The molecule has 0 fully saturated rings. The molecule has 0 aliphatic rings. The van der Waals surface area contributed by atoms with Crippen molar-refractivity contribution in [3.63, 3.8) is 0 Å². The molecule has 4 rings (SSSR count). The van der Waals surface area contributed by atoms with Crippen molar-refractivity contribution in [2.24, 2.45) is 5.14 Å². The van der Waals surface area contributed by atoms with Crippen molar-refractivity contribution in [2.45, 2.75) is 4.90 Å². The van der Waals surface area contributed by atoms with E-state index >= 15 is 0 Å². The Hall–Kier alpha value is -3.62. The van der Waals surface area contributed by atoms with Crippen LogP contribution in [-0.4, -0.2) is 18.6 Å². The normalized spacial score (nSPS) is 11.6. The highest BCUT2D eigenvalue weighted by molar-refractivity contribution is 7.89. The van der Waals surface area contributed by atoms with E-state index in [2.05, 4.69) is 0 Å². The lowest BCUT2D eigenvalue weighted by Gasteiger charge is -2.11. The minimum Gasteiger partial charge on any atom is -0.504 e. The first-order chi connectivity index (χ1) is 13.8. The van der Waals surface area contributed by atoms with E-state index < -0.39 is 10.0 Å². The second kappa shape index (κ2) is 6.77. The Kier molecular flexibility index (Phi) is 4.37. The molecule has 7 nitrogen and oxygen atoms in total. The van der Waals surface area contributed by atoms with E-state index in [0.717, 1.165) is 0 Å². The van der Waals surface area contributed by atoms with Gasteiger partial charge in [-0.05, 0) is 54.1 Å². The third-order valence-electron chi connectivity index (χ3n) is 4.51. The van der Waals surface area contributed by atoms with Crippen molar-refractivity contribution >= 4 is 21.0 Å². The van der Waals surface area contributed by atoms with E-state index in [9.17, 15) is 23.4 Å². The lowest BCUT2D eigenvalue weighted by atomic mass is 9.98. The second-order valence-electron chi connectivity index (χ2n) is 6.40. The van der Waals surface area contributed by atoms with Gasteiger partial charge >= 0.3 is 0 Å². The molecular formula is C21H15NO6S. The number of phenols is 2. The number of aromatic hydroxyl groups is 2. The zero-order valence-electron chi connectivity index (χ0n) is 14.9. The molecule has 0 radical (unpaired) electrons. The predicted octanol–water partition coefficient (Wildman–Crippen LogP) is 3.19. The number of hydrogen-bond donors (Lipinski definition) is 3. The largest absolute Gasteiger partial charge is 0.504 e. The first kappa shape index (κ1) is 18.7.